The number of benzene rings is 1. The van der Waals surface area contributed by atoms with E-state index in [2.05, 4.69) is 34.6 Å². The maximum absolute atomic E-state index is 5.26. The fraction of sp³-hybridized carbons (Fsp3) is 0.474. The maximum atomic E-state index is 5.26. The van der Waals surface area contributed by atoms with Gasteiger partial charge in [-0.3, -0.25) is 0 Å². The van der Waals surface area contributed by atoms with E-state index in [-0.39, 0.29) is 29.9 Å². The molecule has 0 aliphatic carbocycles. The van der Waals surface area contributed by atoms with Gasteiger partial charge in [0, 0.05) is 24.6 Å². The van der Waals surface area contributed by atoms with Crippen molar-refractivity contribution >= 4 is 29.9 Å². The molecule has 0 bridgehead atoms. The van der Waals surface area contributed by atoms with Gasteiger partial charge in [0.2, 0.25) is 0 Å². The second-order valence-electron chi connectivity index (χ2n) is 6.06. The van der Waals surface area contributed by atoms with Crippen molar-refractivity contribution in [1.82, 2.24) is 15.8 Å². The number of halogens is 1. The molecule has 1 unspecified atom stereocenters. The van der Waals surface area contributed by atoms with Gasteiger partial charge in [-0.25, -0.2) is 4.99 Å². The molecule has 0 aliphatic rings. The minimum Gasteiger partial charge on any atom is -0.497 e. The Morgan fingerprint density at radius 3 is 2.46 bits per heavy atom. The van der Waals surface area contributed by atoms with E-state index >= 15 is 0 Å². The van der Waals surface area contributed by atoms with Crippen molar-refractivity contribution in [1.29, 1.82) is 0 Å². The first-order valence-corrected chi connectivity index (χ1v) is 8.63. The summed E-state index contributed by atoms with van der Waals surface area (Å²) in [5.74, 6) is 2.83. The quantitative estimate of drug-likeness (QED) is 0.365. The molecule has 6 nitrogen and oxygen atoms in total. The van der Waals surface area contributed by atoms with E-state index in [1.165, 1.54) is 5.56 Å². The molecule has 0 spiro atoms. The van der Waals surface area contributed by atoms with E-state index in [9.17, 15) is 0 Å². The first-order chi connectivity index (χ1) is 12.0. The molecule has 1 heterocycles. The van der Waals surface area contributed by atoms with Crippen LogP contribution in [0.4, 0.5) is 0 Å². The molecule has 0 amide bonds. The lowest BCUT2D eigenvalue weighted by atomic mass is 10.00. The highest BCUT2D eigenvalue weighted by molar-refractivity contribution is 14.0. The second-order valence-corrected chi connectivity index (χ2v) is 6.06. The zero-order valence-electron chi connectivity index (χ0n) is 16.1. The number of aliphatic imine (C=N–C) groups is 1. The van der Waals surface area contributed by atoms with Crippen molar-refractivity contribution < 1.29 is 9.26 Å². The third kappa shape index (κ3) is 6.19. The van der Waals surface area contributed by atoms with E-state index < -0.39 is 0 Å². The predicted octanol–water partition coefficient (Wildman–Crippen LogP) is 3.78. The van der Waals surface area contributed by atoms with Crippen molar-refractivity contribution in [3.63, 3.8) is 0 Å². The molecule has 1 aromatic carbocycles. The molecule has 1 aromatic heterocycles. The number of aromatic nitrogens is 1. The van der Waals surface area contributed by atoms with E-state index in [0.717, 1.165) is 41.8 Å². The minimum absolute atomic E-state index is 0. The van der Waals surface area contributed by atoms with Crippen LogP contribution >= 0.6 is 24.0 Å². The summed E-state index contributed by atoms with van der Waals surface area (Å²) in [4.78, 5) is 4.65. The summed E-state index contributed by atoms with van der Waals surface area (Å²) in [5, 5.41) is 10.7. The van der Waals surface area contributed by atoms with Gasteiger partial charge in [0.05, 0.1) is 19.3 Å². The third-order valence-corrected chi connectivity index (χ3v) is 4.08. The summed E-state index contributed by atoms with van der Waals surface area (Å²) < 4.78 is 10.4. The SMILES string of the molecule is CCNC(=NCc1ccc(OC)cc1)NCC(C)c1c(C)noc1C.I. The number of methoxy groups -OCH3 is 1. The van der Waals surface area contributed by atoms with Crippen molar-refractivity contribution in [2.24, 2.45) is 4.99 Å². The van der Waals surface area contributed by atoms with Crippen LogP contribution in [-0.2, 0) is 6.54 Å². The van der Waals surface area contributed by atoms with Gasteiger partial charge in [0.1, 0.15) is 11.5 Å². The summed E-state index contributed by atoms with van der Waals surface area (Å²) in [6.07, 6.45) is 0. The van der Waals surface area contributed by atoms with Crippen molar-refractivity contribution in [3.05, 3.63) is 46.8 Å². The molecule has 0 aliphatic heterocycles. The normalized spacial score (nSPS) is 12.3. The first-order valence-electron chi connectivity index (χ1n) is 8.63. The molecule has 2 rings (SSSR count). The zero-order valence-corrected chi connectivity index (χ0v) is 18.5. The Hall–Kier alpha value is -1.77. The standard InChI is InChI=1S/C19H28N4O2.HI/c1-6-20-19(22-12-16-7-9-17(24-5)10-8-16)21-11-13(2)18-14(3)23-25-15(18)4;/h7-10,13H,6,11-12H2,1-5H3,(H2,20,21,22);1H. The molecule has 0 saturated heterocycles. The average Bonchev–Trinajstić information content (AvgIpc) is 2.96. The Labute approximate surface area is 172 Å². The van der Waals surface area contributed by atoms with Crippen LogP contribution < -0.4 is 15.4 Å². The lowest BCUT2D eigenvalue weighted by Crippen LogP contribution is -2.39. The molecular weight excluding hydrogens is 443 g/mol. The largest absolute Gasteiger partial charge is 0.497 e. The third-order valence-electron chi connectivity index (χ3n) is 4.08. The number of ether oxygens (including phenoxy) is 1. The Morgan fingerprint density at radius 2 is 1.92 bits per heavy atom. The fourth-order valence-corrected chi connectivity index (χ4v) is 2.79. The molecular formula is C19H29IN4O2. The molecule has 26 heavy (non-hydrogen) atoms. The van der Waals surface area contributed by atoms with Gasteiger partial charge in [-0.05, 0) is 38.5 Å². The first kappa shape index (κ1) is 22.3. The van der Waals surface area contributed by atoms with E-state index in [1.807, 2.05) is 38.1 Å². The monoisotopic (exact) mass is 472 g/mol. The van der Waals surface area contributed by atoms with E-state index in [4.69, 9.17) is 9.26 Å². The number of guanidine groups is 1. The number of nitrogens with one attached hydrogen (secondary N) is 2. The lowest BCUT2D eigenvalue weighted by Gasteiger charge is -2.16. The van der Waals surface area contributed by atoms with Gasteiger partial charge in [0.25, 0.3) is 0 Å². The van der Waals surface area contributed by atoms with Crippen molar-refractivity contribution in [3.8, 4) is 5.75 Å². The Kier molecular flexibility index (Phi) is 9.47. The average molecular weight is 472 g/mol. The van der Waals surface area contributed by atoms with Gasteiger partial charge < -0.3 is 19.9 Å². The number of nitrogens with zero attached hydrogens (tertiary/aromatic N) is 2. The predicted molar refractivity (Wildman–Crippen MR) is 116 cm³/mol. The molecule has 0 fully saturated rings. The summed E-state index contributed by atoms with van der Waals surface area (Å²) in [6, 6.07) is 7.95. The topological polar surface area (TPSA) is 71.7 Å². The molecule has 0 saturated carbocycles. The van der Waals surface area contributed by atoms with Crippen LogP contribution in [0.2, 0.25) is 0 Å². The van der Waals surface area contributed by atoms with Gasteiger partial charge in [-0.1, -0.05) is 24.2 Å². The van der Waals surface area contributed by atoms with E-state index in [0.29, 0.717) is 6.54 Å². The van der Waals surface area contributed by atoms with Crippen LogP contribution in [-0.4, -0.2) is 31.3 Å². The van der Waals surface area contributed by atoms with Gasteiger partial charge in [0.15, 0.2) is 5.96 Å². The van der Waals surface area contributed by atoms with Crippen molar-refractivity contribution in [2.75, 3.05) is 20.2 Å². The van der Waals surface area contributed by atoms with Crippen LogP contribution in [0.15, 0.2) is 33.8 Å². The Morgan fingerprint density at radius 1 is 1.23 bits per heavy atom. The van der Waals surface area contributed by atoms with Gasteiger partial charge in [-0.15, -0.1) is 24.0 Å². The van der Waals surface area contributed by atoms with Crippen molar-refractivity contribution in [2.45, 2.75) is 40.2 Å². The number of aryl methyl sites for hydroxylation is 2. The molecule has 2 aromatic rings. The fourth-order valence-electron chi connectivity index (χ4n) is 2.79. The maximum Gasteiger partial charge on any atom is 0.191 e. The lowest BCUT2D eigenvalue weighted by molar-refractivity contribution is 0.391. The number of hydrogen-bond acceptors (Lipinski definition) is 4. The van der Waals surface area contributed by atoms with Crippen LogP contribution in [0, 0.1) is 13.8 Å². The van der Waals surface area contributed by atoms with Crippen LogP contribution in [0.1, 0.15) is 42.3 Å². The molecule has 144 valence electrons. The molecule has 0 radical (unpaired) electrons. The van der Waals surface area contributed by atoms with E-state index in [1.54, 1.807) is 7.11 Å². The molecule has 2 N–H and O–H groups in total. The second kappa shape index (κ2) is 11.1. The van der Waals surface area contributed by atoms with Crippen LogP contribution in [0.25, 0.3) is 0 Å². The summed E-state index contributed by atoms with van der Waals surface area (Å²) in [5.41, 5.74) is 3.25. The summed E-state index contributed by atoms with van der Waals surface area (Å²) in [7, 11) is 1.67. The van der Waals surface area contributed by atoms with Gasteiger partial charge >= 0.3 is 0 Å². The highest BCUT2D eigenvalue weighted by Crippen LogP contribution is 2.22. The van der Waals surface area contributed by atoms with Crippen LogP contribution in [0.3, 0.4) is 0 Å². The summed E-state index contributed by atoms with van der Waals surface area (Å²) >= 11 is 0. The molecule has 1 atom stereocenters. The zero-order chi connectivity index (χ0) is 18.2. The highest BCUT2D eigenvalue weighted by atomic mass is 127. The number of hydrogen-bond donors (Lipinski definition) is 2. The summed E-state index contributed by atoms with van der Waals surface area (Å²) in [6.45, 7) is 10.3. The molecule has 7 heteroatoms. The highest BCUT2D eigenvalue weighted by Gasteiger charge is 2.16. The van der Waals surface area contributed by atoms with Gasteiger partial charge in [-0.2, -0.15) is 0 Å². The number of rotatable bonds is 7. The Balaban J connectivity index is 0.00000338. The Bertz CT molecular complexity index is 679. The minimum atomic E-state index is 0. The van der Waals surface area contributed by atoms with Crippen LogP contribution in [0.5, 0.6) is 5.75 Å². The smallest absolute Gasteiger partial charge is 0.191 e.